The van der Waals surface area contributed by atoms with Crippen molar-refractivity contribution in [3.05, 3.63) is 76.4 Å². The molecular formula is C20H12ClN3OS. The van der Waals surface area contributed by atoms with Crippen LogP contribution in [0.4, 0.5) is 0 Å². The van der Waals surface area contributed by atoms with Gasteiger partial charge in [0.15, 0.2) is 5.16 Å². The number of allylic oxidation sites excluding steroid dienone is 1. The number of hydrogen-bond acceptors (Lipinski definition) is 4. The lowest BCUT2D eigenvalue weighted by molar-refractivity contribution is 0.572. The summed E-state index contributed by atoms with van der Waals surface area (Å²) in [7, 11) is 0. The maximum absolute atomic E-state index is 9.44. The van der Waals surface area contributed by atoms with Crippen molar-refractivity contribution in [2.24, 2.45) is 0 Å². The number of fused-ring (bicyclic) bond motifs is 1. The van der Waals surface area contributed by atoms with Gasteiger partial charge in [-0.05, 0) is 60.3 Å². The van der Waals surface area contributed by atoms with Crippen LogP contribution in [0.25, 0.3) is 28.4 Å². The Morgan fingerprint density at radius 1 is 1.12 bits per heavy atom. The van der Waals surface area contributed by atoms with Gasteiger partial charge in [-0.3, -0.25) is 0 Å². The lowest BCUT2D eigenvalue weighted by Gasteiger charge is -1.97. The van der Waals surface area contributed by atoms with Gasteiger partial charge in [0.25, 0.3) is 0 Å². The molecule has 4 nitrogen and oxygen atoms in total. The fourth-order valence-corrected chi connectivity index (χ4v) is 3.36. The van der Waals surface area contributed by atoms with Gasteiger partial charge in [-0.25, -0.2) is 4.98 Å². The summed E-state index contributed by atoms with van der Waals surface area (Å²) in [6, 6.07) is 21.1. The standard InChI is InChI=1S/C20H12ClN3OS/c21-14-7-5-13(6-8-14)19-10-9-15(25-19)11-16(12-22)26-20-23-17-3-1-2-4-18(17)24-20/h1-11H,(H,23,24)/b16-11+. The maximum atomic E-state index is 9.44. The summed E-state index contributed by atoms with van der Waals surface area (Å²) in [5, 5.41) is 10.8. The lowest BCUT2D eigenvalue weighted by atomic mass is 10.2. The van der Waals surface area contributed by atoms with Crippen LogP contribution in [0.1, 0.15) is 5.76 Å². The number of imidazole rings is 1. The Kier molecular flexibility index (Phi) is 4.53. The molecule has 1 N–H and O–H groups in total. The fraction of sp³-hybridized carbons (Fsp3) is 0. The topological polar surface area (TPSA) is 65.6 Å². The first kappa shape index (κ1) is 16.5. The summed E-state index contributed by atoms with van der Waals surface area (Å²) in [6.07, 6.45) is 1.71. The number of rotatable bonds is 4. The van der Waals surface area contributed by atoms with Crippen molar-refractivity contribution in [2.45, 2.75) is 5.16 Å². The number of H-pyrrole nitrogens is 1. The molecule has 0 fully saturated rings. The van der Waals surface area contributed by atoms with Crippen LogP contribution in [-0.2, 0) is 0 Å². The average Bonchev–Trinajstić information content (AvgIpc) is 3.28. The third-order valence-electron chi connectivity index (χ3n) is 3.71. The van der Waals surface area contributed by atoms with Crippen LogP contribution in [0, 0.1) is 11.3 Å². The van der Waals surface area contributed by atoms with Gasteiger partial charge in [0, 0.05) is 16.7 Å². The number of halogens is 1. The number of nitrogens with zero attached hydrogens (tertiary/aromatic N) is 2. The second-order valence-electron chi connectivity index (χ2n) is 5.49. The predicted octanol–water partition coefficient (Wildman–Crippen LogP) is 6.13. The van der Waals surface area contributed by atoms with E-state index in [1.807, 2.05) is 60.7 Å². The van der Waals surface area contributed by atoms with Crippen molar-refractivity contribution in [1.82, 2.24) is 9.97 Å². The minimum atomic E-state index is 0.487. The zero-order valence-electron chi connectivity index (χ0n) is 13.4. The molecular weight excluding hydrogens is 366 g/mol. The largest absolute Gasteiger partial charge is 0.457 e. The number of aromatic nitrogens is 2. The van der Waals surface area contributed by atoms with Gasteiger partial charge in [-0.2, -0.15) is 5.26 Å². The highest BCUT2D eigenvalue weighted by atomic mass is 35.5. The number of hydrogen-bond donors (Lipinski definition) is 1. The number of nitriles is 1. The van der Waals surface area contributed by atoms with Gasteiger partial charge in [0.05, 0.1) is 15.9 Å². The Labute approximate surface area is 159 Å². The van der Waals surface area contributed by atoms with Crippen LogP contribution < -0.4 is 0 Å². The third kappa shape index (κ3) is 3.52. The SMILES string of the molecule is N#C/C(=C\c1ccc(-c2ccc(Cl)cc2)o1)Sc1nc2ccccc2[nH]1. The Morgan fingerprint density at radius 2 is 1.92 bits per heavy atom. The Morgan fingerprint density at radius 3 is 2.69 bits per heavy atom. The molecule has 26 heavy (non-hydrogen) atoms. The van der Waals surface area contributed by atoms with Crippen molar-refractivity contribution in [1.29, 1.82) is 5.26 Å². The zero-order valence-corrected chi connectivity index (χ0v) is 15.0. The Balaban J connectivity index is 1.57. The van der Waals surface area contributed by atoms with Crippen molar-refractivity contribution < 1.29 is 4.42 Å². The Hall–Kier alpha value is -2.94. The van der Waals surface area contributed by atoms with E-state index in [9.17, 15) is 5.26 Å². The normalized spacial score (nSPS) is 11.6. The molecule has 4 rings (SSSR count). The molecule has 0 unspecified atom stereocenters. The van der Waals surface area contributed by atoms with E-state index in [-0.39, 0.29) is 0 Å². The lowest BCUT2D eigenvalue weighted by Crippen LogP contribution is -1.77. The predicted molar refractivity (Wildman–Crippen MR) is 105 cm³/mol. The number of furan rings is 1. The molecule has 2 aromatic carbocycles. The van der Waals surface area contributed by atoms with Crippen LogP contribution in [-0.4, -0.2) is 9.97 Å². The van der Waals surface area contributed by atoms with E-state index < -0.39 is 0 Å². The monoisotopic (exact) mass is 377 g/mol. The molecule has 0 amide bonds. The van der Waals surface area contributed by atoms with Crippen molar-refractivity contribution in [3.63, 3.8) is 0 Å². The maximum Gasteiger partial charge on any atom is 0.171 e. The number of thioether (sulfide) groups is 1. The van der Waals surface area contributed by atoms with Crippen LogP contribution >= 0.6 is 23.4 Å². The number of benzene rings is 2. The smallest absolute Gasteiger partial charge is 0.171 e. The molecule has 2 heterocycles. The second-order valence-corrected chi connectivity index (χ2v) is 6.96. The Bertz CT molecular complexity index is 1100. The first-order valence-electron chi connectivity index (χ1n) is 7.81. The van der Waals surface area contributed by atoms with Gasteiger partial charge in [0.2, 0.25) is 0 Å². The highest BCUT2D eigenvalue weighted by molar-refractivity contribution is 8.03. The average molecular weight is 378 g/mol. The van der Waals surface area contributed by atoms with E-state index in [0.717, 1.165) is 22.4 Å². The van der Waals surface area contributed by atoms with E-state index in [1.165, 1.54) is 11.8 Å². The fourth-order valence-electron chi connectivity index (χ4n) is 2.50. The number of nitrogens with one attached hydrogen (secondary N) is 1. The van der Waals surface area contributed by atoms with Crippen molar-refractivity contribution >= 4 is 40.5 Å². The first-order valence-corrected chi connectivity index (χ1v) is 9.01. The number of para-hydroxylation sites is 2. The summed E-state index contributed by atoms with van der Waals surface area (Å²) >= 11 is 7.18. The summed E-state index contributed by atoms with van der Waals surface area (Å²) in [5.74, 6) is 1.33. The second kappa shape index (κ2) is 7.12. The summed E-state index contributed by atoms with van der Waals surface area (Å²) in [6.45, 7) is 0. The van der Waals surface area contributed by atoms with E-state index in [4.69, 9.17) is 16.0 Å². The van der Waals surface area contributed by atoms with Crippen LogP contribution in [0.5, 0.6) is 0 Å². The van der Waals surface area contributed by atoms with E-state index in [0.29, 0.717) is 20.8 Å². The highest BCUT2D eigenvalue weighted by Crippen LogP contribution is 2.29. The van der Waals surface area contributed by atoms with E-state index in [2.05, 4.69) is 16.0 Å². The number of aromatic amines is 1. The molecule has 0 atom stereocenters. The molecule has 0 aliphatic rings. The quantitative estimate of drug-likeness (QED) is 0.343. The summed E-state index contributed by atoms with van der Waals surface area (Å²) in [4.78, 5) is 8.16. The van der Waals surface area contributed by atoms with Gasteiger partial charge in [0.1, 0.15) is 17.6 Å². The summed E-state index contributed by atoms with van der Waals surface area (Å²) in [5.41, 5.74) is 2.74. The van der Waals surface area contributed by atoms with Crippen molar-refractivity contribution in [2.75, 3.05) is 0 Å². The molecule has 0 bridgehead atoms. The minimum absolute atomic E-state index is 0.487. The highest BCUT2D eigenvalue weighted by Gasteiger charge is 2.08. The molecule has 6 heteroatoms. The molecule has 0 radical (unpaired) electrons. The molecule has 0 spiro atoms. The minimum Gasteiger partial charge on any atom is -0.457 e. The third-order valence-corrected chi connectivity index (χ3v) is 4.78. The summed E-state index contributed by atoms with van der Waals surface area (Å²) < 4.78 is 5.82. The van der Waals surface area contributed by atoms with Crippen LogP contribution in [0.15, 0.2) is 75.1 Å². The molecule has 0 saturated heterocycles. The zero-order chi connectivity index (χ0) is 17.9. The van der Waals surface area contributed by atoms with E-state index in [1.54, 1.807) is 6.08 Å². The molecule has 0 saturated carbocycles. The molecule has 4 aromatic rings. The van der Waals surface area contributed by atoms with Gasteiger partial charge in [-0.15, -0.1) is 0 Å². The molecule has 0 aliphatic heterocycles. The van der Waals surface area contributed by atoms with Gasteiger partial charge in [-0.1, -0.05) is 23.7 Å². The first-order chi connectivity index (χ1) is 12.7. The van der Waals surface area contributed by atoms with Crippen molar-refractivity contribution in [3.8, 4) is 17.4 Å². The van der Waals surface area contributed by atoms with E-state index >= 15 is 0 Å². The molecule has 0 aliphatic carbocycles. The molecule has 126 valence electrons. The van der Waals surface area contributed by atoms with Gasteiger partial charge >= 0.3 is 0 Å². The molecule has 2 aromatic heterocycles. The van der Waals surface area contributed by atoms with Gasteiger partial charge < -0.3 is 9.40 Å². The van der Waals surface area contributed by atoms with Crippen LogP contribution in [0.3, 0.4) is 0 Å². The van der Waals surface area contributed by atoms with Crippen LogP contribution in [0.2, 0.25) is 5.02 Å².